The average molecular weight is 496 g/mol. The lowest BCUT2D eigenvalue weighted by Crippen LogP contribution is -2.25. The third-order valence-corrected chi connectivity index (χ3v) is 9.19. The Hall–Kier alpha value is -3.09. The summed E-state index contributed by atoms with van der Waals surface area (Å²) in [5, 5.41) is 1.42. The summed E-state index contributed by atoms with van der Waals surface area (Å²) < 4.78 is 6.75. The zero-order valence-corrected chi connectivity index (χ0v) is 23.0. The molecule has 0 bridgehead atoms. The first-order valence-corrected chi connectivity index (χ1v) is 13.9. The quantitative estimate of drug-likeness (QED) is 0.196. The normalized spacial score (nSPS) is 11.7. The van der Waals surface area contributed by atoms with Gasteiger partial charge >= 0.3 is 0 Å². The van der Waals surface area contributed by atoms with Crippen LogP contribution in [0.4, 0.5) is 5.69 Å². The van der Waals surface area contributed by atoms with Crippen molar-refractivity contribution in [2.45, 2.75) is 44.9 Å². The molecule has 0 aliphatic rings. The second-order valence-electron chi connectivity index (χ2n) is 9.56. The highest BCUT2D eigenvalue weighted by Gasteiger charge is 2.34. The first-order valence-electron chi connectivity index (χ1n) is 12.9. The van der Waals surface area contributed by atoms with Crippen LogP contribution in [-0.2, 0) is 18.2 Å². The SMILES string of the molecule is CCC(CC)(Pc1ccccc1N(C)C)c1cccc(Cc2ccccc2)c1OCc1ccccc1. The van der Waals surface area contributed by atoms with E-state index in [1.807, 2.05) is 0 Å². The van der Waals surface area contributed by atoms with Gasteiger partial charge in [0.05, 0.1) is 0 Å². The van der Waals surface area contributed by atoms with Crippen LogP contribution in [0.2, 0.25) is 0 Å². The van der Waals surface area contributed by atoms with Gasteiger partial charge in [-0.15, -0.1) is 0 Å². The maximum Gasteiger partial charge on any atom is 0.127 e. The summed E-state index contributed by atoms with van der Waals surface area (Å²) in [7, 11) is 4.92. The van der Waals surface area contributed by atoms with Crippen LogP contribution in [-0.4, -0.2) is 14.1 Å². The third-order valence-electron chi connectivity index (χ3n) is 7.04. The molecule has 0 aromatic heterocycles. The van der Waals surface area contributed by atoms with Crippen molar-refractivity contribution in [3.8, 4) is 5.75 Å². The number of hydrogen-bond acceptors (Lipinski definition) is 2. The van der Waals surface area contributed by atoms with E-state index in [2.05, 4.69) is 136 Å². The van der Waals surface area contributed by atoms with Gasteiger partial charge in [0.25, 0.3) is 0 Å². The number of rotatable bonds is 11. The Kier molecular flexibility index (Phi) is 8.83. The molecule has 1 unspecified atom stereocenters. The standard InChI is InChI=1S/C33H38NOP/c1-5-33(6-2,36-31-23-14-13-22-30(31)34(3)4)29-21-15-20-28(24-26-16-9-7-10-17-26)32(29)35-25-27-18-11-8-12-19-27/h7-23,36H,5-6,24-25H2,1-4H3. The highest BCUT2D eigenvalue weighted by Crippen LogP contribution is 2.51. The average Bonchev–Trinajstić information content (AvgIpc) is 2.92. The van der Waals surface area contributed by atoms with Crippen molar-refractivity contribution in [2.75, 3.05) is 19.0 Å². The van der Waals surface area contributed by atoms with E-state index < -0.39 is 0 Å². The van der Waals surface area contributed by atoms with Crippen LogP contribution in [0.5, 0.6) is 5.75 Å². The number of ether oxygens (including phenoxy) is 1. The number of para-hydroxylation sites is 2. The van der Waals surface area contributed by atoms with Crippen molar-refractivity contribution in [1.82, 2.24) is 0 Å². The van der Waals surface area contributed by atoms with Gasteiger partial charge < -0.3 is 9.64 Å². The molecule has 4 aromatic rings. The van der Waals surface area contributed by atoms with Gasteiger partial charge in [-0.05, 0) is 40.9 Å². The lowest BCUT2D eigenvalue weighted by molar-refractivity contribution is 0.295. The molecule has 0 heterocycles. The van der Waals surface area contributed by atoms with Gasteiger partial charge in [-0.2, -0.15) is 0 Å². The minimum absolute atomic E-state index is 0.00479. The van der Waals surface area contributed by atoms with E-state index in [0.29, 0.717) is 15.2 Å². The van der Waals surface area contributed by atoms with Crippen LogP contribution >= 0.6 is 8.58 Å². The summed E-state index contributed by atoms with van der Waals surface area (Å²) in [5.41, 5.74) is 6.39. The Morgan fingerprint density at radius 3 is 1.94 bits per heavy atom. The van der Waals surface area contributed by atoms with Crippen LogP contribution in [0.25, 0.3) is 0 Å². The van der Waals surface area contributed by atoms with E-state index in [0.717, 1.165) is 25.0 Å². The fourth-order valence-electron chi connectivity index (χ4n) is 4.92. The van der Waals surface area contributed by atoms with Crippen molar-refractivity contribution in [3.05, 3.63) is 125 Å². The number of hydrogen-bond donors (Lipinski definition) is 0. The second-order valence-corrected chi connectivity index (χ2v) is 11.3. The fourth-order valence-corrected chi connectivity index (χ4v) is 6.73. The van der Waals surface area contributed by atoms with E-state index in [9.17, 15) is 0 Å². The van der Waals surface area contributed by atoms with E-state index in [1.54, 1.807) is 0 Å². The zero-order chi connectivity index (χ0) is 25.4. The molecule has 0 saturated heterocycles. The summed E-state index contributed by atoms with van der Waals surface area (Å²) >= 11 is 0. The highest BCUT2D eigenvalue weighted by molar-refractivity contribution is 7.49. The van der Waals surface area contributed by atoms with E-state index in [1.165, 1.54) is 33.2 Å². The van der Waals surface area contributed by atoms with Crippen LogP contribution in [0.3, 0.4) is 0 Å². The topological polar surface area (TPSA) is 12.5 Å². The maximum atomic E-state index is 6.75. The molecule has 0 amide bonds. The maximum absolute atomic E-state index is 6.75. The molecule has 0 fully saturated rings. The van der Waals surface area contributed by atoms with Gasteiger partial charge in [0.2, 0.25) is 0 Å². The van der Waals surface area contributed by atoms with Crippen LogP contribution in [0.1, 0.15) is 48.9 Å². The molecule has 36 heavy (non-hydrogen) atoms. The van der Waals surface area contributed by atoms with Crippen molar-refractivity contribution in [1.29, 1.82) is 0 Å². The Bertz CT molecular complexity index is 1230. The molecule has 0 spiro atoms. The Labute approximate surface area is 219 Å². The molecule has 0 aliphatic carbocycles. The van der Waals surface area contributed by atoms with Crippen molar-refractivity contribution in [3.63, 3.8) is 0 Å². The predicted octanol–water partition coefficient (Wildman–Crippen LogP) is 7.94. The lowest BCUT2D eigenvalue weighted by Gasteiger charge is -2.36. The zero-order valence-electron chi connectivity index (χ0n) is 22.0. The summed E-state index contributed by atoms with van der Waals surface area (Å²) in [5.74, 6) is 1.06. The fraction of sp³-hybridized carbons (Fsp3) is 0.273. The first kappa shape index (κ1) is 26.0. The molecular weight excluding hydrogens is 457 g/mol. The van der Waals surface area contributed by atoms with Gasteiger partial charge in [-0.1, -0.05) is 119 Å². The van der Waals surface area contributed by atoms with Gasteiger partial charge in [-0.3, -0.25) is 0 Å². The summed E-state index contributed by atoms with van der Waals surface area (Å²) in [6, 6.07) is 36.8. The van der Waals surface area contributed by atoms with Crippen molar-refractivity contribution < 1.29 is 4.74 Å². The third kappa shape index (κ3) is 6.00. The van der Waals surface area contributed by atoms with Gasteiger partial charge in [-0.25, -0.2) is 0 Å². The van der Waals surface area contributed by atoms with Gasteiger partial charge in [0.1, 0.15) is 12.4 Å². The van der Waals surface area contributed by atoms with E-state index in [4.69, 9.17) is 4.74 Å². The molecule has 1 atom stereocenters. The molecule has 0 N–H and O–H groups in total. The van der Waals surface area contributed by atoms with E-state index in [-0.39, 0.29) is 5.16 Å². The lowest BCUT2D eigenvalue weighted by atomic mass is 9.89. The summed E-state index contributed by atoms with van der Waals surface area (Å²) in [4.78, 5) is 2.23. The Morgan fingerprint density at radius 1 is 0.694 bits per heavy atom. The molecular formula is C33H38NOP. The van der Waals surface area contributed by atoms with Gasteiger partial charge in [0, 0.05) is 36.9 Å². The molecule has 2 nitrogen and oxygen atoms in total. The number of nitrogens with zero attached hydrogens (tertiary/aromatic N) is 1. The number of anilines is 1. The molecule has 4 aromatic carbocycles. The van der Waals surface area contributed by atoms with E-state index >= 15 is 0 Å². The first-order chi connectivity index (χ1) is 17.6. The molecule has 4 rings (SSSR count). The minimum atomic E-state index is 0.00479. The largest absolute Gasteiger partial charge is 0.488 e. The Balaban J connectivity index is 1.79. The monoisotopic (exact) mass is 495 g/mol. The summed E-state index contributed by atoms with van der Waals surface area (Å²) in [6.07, 6.45) is 2.97. The molecule has 0 aliphatic heterocycles. The molecule has 0 radical (unpaired) electrons. The minimum Gasteiger partial charge on any atom is -0.488 e. The molecule has 3 heteroatoms. The highest BCUT2D eigenvalue weighted by atomic mass is 31.1. The van der Waals surface area contributed by atoms with Crippen LogP contribution in [0, 0.1) is 0 Å². The summed E-state index contributed by atoms with van der Waals surface area (Å²) in [6.45, 7) is 5.24. The number of benzene rings is 4. The van der Waals surface area contributed by atoms with Crippen molar-refractivity contribution >= 4 is 19.6 Å². The second kappa shape index (κ2) is 12.2. The Morgan fingerprint density at radius 2 is 1.31 bits per heavy atom. The van der Waals surface area contributed by atoms with Crippen LogP contribution < -0.4 is 14.9 Å². The van der Waals surface area contributed by atoms with Crippen molar-refractivity contribution in [2.24, 2.45) is 0 Å². The van der Waals surface area contributed by atoms with Gasteiger partial charge in [0.15, 0.2) is 0 Å². The molecule has 186 valence electrons. The molecule has 0 saturated carbocycles. The predicted molar refractivity (Wildman–Crippen MR) is 157 cm³/mol. The van der Waals surface area contributed by atoms with Crippen LogP contribution in [0.15, 0.2) is 103 Å². The smallest absolute Gasteiger partial charge is 0.127 e.